The molecule has 0 amide bonds. The molecular formula is C7H20NP. The second-order valence-corrected chi connectivity index (χ2v) is 3.38. The molecule has 1 nitrogen and oxygen atoms in total. The van der Waals surface area contributed by atoms with Gasteiger partial charge in [-0.15, -0.1) is 9.24 Å². The van der Waals surface area contributed by atoms with E-state index in [9.17, 15) is 0 Å². The maximum atomic E-state index is 2.76. The Bertz CT molecular complexity index is 38.2. The van der Waals surface area contributed by atoms with Gasteiger partial charge in [0.05, 0.1) is 0 Å². The van der Waals surface area contributed by atoms with Gasteiger partial charge in [-0.1, -0.05) is 20.8 Å². The summed E-state index contributed by atoms with van der Waals surface area (Å²) < 4.78 is 0. The molecule has 0 fully saturated rings. The van der Waals surface area contributed by atoms with Gasteiger partial charge in [-0.3, -0.25) is 0 Å². The lowest BCUT2D eigenvalue weighted by atomic mass is 10.4. The summed E-state index contributed by atoms with van der Waals surface area (Å²) in [7, 11) is 6.93. The number of hydrogen-bond acceptors (Lipinski definition) is 1. The highest BCUT2D eigenvalue weighted by molar-refractivity contribution is 7.17. The lowest BCUT2D eigenvalue weighted by molar-refractivity contribution is 0.413. The fourth-order valence-electron chi connectivity index (χ4n) is 0.576. The highest BCUT2D eigenvalue weighted by Crippen LogP contribution is 1.96. The van der Waals surface area contributed by atoms with E-state index in [1.54, 1.807) is 0 Å². The van der Waals surface area contributed by atoms with Gasteiger partial charge in [0.15, 0.2) is 0 Å². The van der Waals surface area contributed by atoms with Crippen molar-refractivity contribution in [2.45, 2.75) is 26.4 Å². The first-order valence-electron chi connectivity index (χ1n) is 3.53. The minimum atomic E-state index is 0.718. The molecule has 0 saturated heterocycles. The van der Waals surface area contributed by atoms with Crippen LogP contribution in [0, 0.1) is 0 Å². The second kappa shape index (κ2) is 8.39. The predicted molar refractivity (Wildman–Crippen MR) is 49.1 cm³/mol. The fourth-order valence-corrected chi connectivity index (χ4v) is 0.998. The third kappa shape index (κ3) is 17.8. The Labute approximate surface area is 62.0 Å². The Morgan fingerprint density at radius 2 is 1.67 bits per heavy atom. The maximum Gasteiger partial charge on any atom is 0.00356 e. The topological polar surface area (TPSA) is 3.24 Å². The van der Waals surface area contributed by atoms with Crippen LogP contribution in [-0.2, 0) is 0 Å². The van der Waals surface area contributed by atoms with Gasteiger partial charge in [-0.05, 0) is 19.8 Å². The molecule has 0 heterocycles. The van der Waals surface area contributed by atoms with Gasteiger partial charge in [-0.25, -0.2) is 0 Å². The molecule has 0 aliphatic heterocycles. The fraction of sp³-hybridized carbons (Fsp3) is 1.00. The molecule has 0 N–H and O–H groups in total. The van der Waals surface area contributed by atoms with Gasteiger partial charge in [0.25, 0.3) is 0 Å². The van der Waals surface area contributed by atoms with Crippen LogP contribution in [-0.4, -0.2) is 31.2 Å². The minimum absolute atomic E-state index is 0.718. The Morgan fingerprint density at radius 1 is 1.33 bits per heavy atom. The highest BCUT2D eigenvalue weighted by Gasteiger charge is 1.92. The van der Waals surface area contributed by atoms with Crippen molar-refractivity contribution in [2.75, 3.05) is 20.6 Å². The maximum absolute atomic E-state index is 2.76. The molecule has 2 atom stereocenters. The molecule has 0 rings (SSSR count). The van der Waals surface area contributed by atoms with Gasteiger partial charge in [-0.2, -0.15) is 0 Å². The average molecular weight is 149 g/mol. The number of hydrogen-bond donors (Lipinski definition) is 0. The molecule has 2 unspecified atom stereocenters. The quantitative estimate of drug-likeness (QED) is 0.541. The van der Waals surface area contributed by atoms with Crippen LogP contribution in [0.2, 0.25) is 0 Å². The van der Waals surface area contributed by atoms with E-state index in [0.717, 1.165) is 12.2 Å². The molecule has 0 radical (unpaired) electrons. The zero-order valence-corrected chi connectivity index (χ0v) is 8.46. The molecule has 0 spiro atoms. The lowest BCUT2D eigenvalue weighted by Gasteiger charge is -2.10. The first-order valence-corrected chi connectivity index (χ1v) is 4.20. The van der Waals surface area contributed by atoms with Crippen molar-refractivity contribution in [3.63, 3.8) is 0 Å². The van der Waals surface area contributed by atoms with E-state index in [1.807, 2.05) is 13.8 Å². The third-order valence-corrected chi connectivity index (χ3v) is 0.864. The van der Waals surface area contributed by atoms with Crippen LogP contribution in [0.5, 0.6) is 0 Å². The summed E-state index contributed by atoms with van der Waals surface area (Å²) in [5.41, 5.74) is 0.718. The van der Waals surface area contributed by atoms with E-state index < -0.39 is 0 Å². The van der Waals surface area contributed by atoms with Gasteiger partial charge in [0.2, 0.25) is 0 Å². The van der Waals surface area contributed by atoms with Crippen LogP contribution in [0.1, 0.15) is 20.8 Å². The summed E-state index contributed by atoms with van der Waals surface area (Å²) in [6, 6.07) is 0. The van der Waals surface area contributed by atoms with Crippen LogP contribution in [0.4, 0.5) is 0 Å². The Morgan fingerprint density at radius 3 is 1.67 bits per heavy atom. The van der Waals surface area contributed by atoms with E-state index in [-0.39, 0.29) is 0 Å². The van der Waals surface area contributed by atoms with Crippen molar-refractivity contribution in [1.29, 1.82) is 0 Å². The summed E-state index contributed by atoms with van der Waals surface area (Å²) in [5, 5.41) is 0. The van der Waals surface area contributed by atoms with Crippen LogP contribution in [0.15, 0.2) is 0 Å². The van der Waals surface area contributed by atoms with E-state index in [1.165, 1.54) is 0 Å². The Hall–Kier alpha value is 0.390. The van der Waals surface area contributed by atoms with Crippen LogP contribution >= 0.6 is 9.24 Å². The summed E-state index contributed by atoms with van der Waals surface area (Å²) in [5.74, 6) is 0. The molecule has 9 heavy (non-hydrogen) atoms. The SMILES string of the molecule is CC.CC(P)CN(C)C. The second-order valence-electron chi connectivity index (χ2n) is 2.24. The standard InChI is InChI=1S/C5H14NP.C2H6/c1-5(7)4-6(2)3;1-2/h5H,4,7H2,1-3H3;1-2H3. The molecule has 0 aromatic heterocycles. The van der Waals surface area contributed by atoms with Gasteiger partial charge >= 0.3 is 0 Å². The van der Waals surface area contributed by atoms with Crippen molar-refractivity contribution in [1.82, 2.24) is 4.90 Å². The summed E-state index contributed by atoms with van der Waals surface area (Å²) in [4.78, 5) is 2.18. The largest absolute Gasteiger partial charge is 0.309 e. The zero-order valence-electron chi connectivity index (χ0n) is 7.31. The monoisotopic (exact) mass is 149 g/mol. The van der Waals surface area contributed by atoms with E-state index in [2.05, 4.69) is 35.2 Å². The average Bonchev–Trinajstić information content (AvgIpc) is 1.68. The minimum Gasteiger partial charge on any atom is -0.309 e. The van der Waals surface area contributed by atoms with Crippen molar-refractivity contribution in [2.24, 2.45) is 0 Å². The third-order valence-electron chi connectivity index (χ3n) is 0.653. The van der Waals surface area contributed by atoms with Crippen molar-refractivity contribution in [3.05, 3.63) is 0 Å². The van der Waals surface area contributed by atoms with Gasteiger partial charge < -0.3 is 4.90 Å². The predicted octanol–water partition coefficient (Wildman–Crippen LogP) is 1.84. The first kappa shape index (κ1) is 12.1. The van der Waals surface area contributed by atoms with Crippen molar-refractivity contribution in [3.8, 4) is 0 Å². The molecular weight excluding hydrogens is 129 g/mol. The van der Waals surface area contributed by atoms with Crippen LogP contribution in [0.3, 0.4) is 0 Å². The smallest absolute Gasteiger partial charge is 0.00356 e. The lowest BCUT2D eigenvalue weighted by Crippen LogP contribution is -2.18. The molecule has 0 bridgehead atoms. The molecule has 58 valence electrons. The first-order chi connectivity index (χ1) is 4.13. The zero-order chi connectivity index (χ0) is 7.86. The van der Waals surface area contributed by atoms with Gasteiger partial charge in [0, 0.05) is 6.54 Å². The van der Waals surface area contributed by atoms with Crippen molar-refractivity contribution >= 4 is 9.24 Å². The number of rotatable bonds is 2. The summed E-state index contributed by atoms with van der Waals surface area (Å²) >= 11 is 0. The molecule has 0 aromatic rings. The highest BCUT2D eigenvalue weighted by atomic mass is 31.0. The molecule has 2 heteroatoms. The molecule has 0 aromatic carbocycles. The van der Waals surface area contributed by atoms with Crippen LogP contribution < -0.4 is 0 Å². The van der Waals surface area contributed by atoms with E-state index in [4.69, 9.17) is 0 Å². The molecule has 0 saturated carbocycles. The Kier molecular flexibility index (Phi) is 11.3. The van der Waals surface area contributed by atoms with E-state index >= 15 is 0 Å². The molecule has 0 aliphatic carbocycles. The van der Waals surface area contributed by atoms with Crippen molar-refractivity contribution < 1.29 is 0 Å². The van der Waals surface area contributed by atoms with Crippen LogP contribution in [0.25, 0.3) is 0 Å². The Balaban J connectivity index is 0. The van der Waals surface area contributed by atoms with E-state index in [0.29, 0.717) is 0 Å². The molecule has 0 aliphatic rings. The number of nitrogens with zero attached hydrogens (tertiary/aromatic N) is 1. The normalized spacial score (nSPS) is 12.3. The van der Waals surface area contributed by atoms with Gasteiger partial charge in [0.1, 0.15) is 0 Å². The summed E-state index contributed by atoms with van der Waals surface area (Å²) in [6.45, 7) is 7.34. The summed E-state index contributed by atoms with van der Waals surface area (Å²) in [6.07, 6.45) is 0.